The van der Waals surface area contributed by atoms with Crippen LogP contribution in [-0.2, 0) is 4.74 Å². The summed E-state index contributed by atoms with van der Waals surface area (Å²) in [5, 5.41) is 11.4. The van der Waals surface area contributed by atoms with E-state index in [2.05, 4.69) is 19.2 Å². The summed E-state index contributed by atoms with van der Waals surface area (Å²) in [6, 6.07) is 0. The molecular formula is C10H21F2NO2. The molecule has 0 heterocycles. The van der Waals surface area contributed by atoms with Gasteiger partial charge >= 0.3 is 0 Å². The molecular weight excluding hydrogens is 204 g/mol. The number of aliphatic hydroxyl groups excluding tert-OH is 1. The molecule has 2 N–H and O–H groups in total. The minimum atomic E-state index is -2.68. The molecule has 0 amide bonds. The van der Waals surface area contributed by atoms with E-state index in [9.17, 15) is 8.78 Å². The number of halogens is 2. The first-order valence-corrected chi connectivity index (χ1v) is 5.28. The second-order valence-corrected chi connectivity index (χ2v) is 3.90. The Morgan fingerprint density at radius 2 is 1.93 bits per heavy atom. The van der Waals surface area contributed by atoms with Crippen LogP contribution < -0.4 is 5.32 Å². The fraction of sp³-hybridized carbons (Fsp3) is 1.00. The van der Waals surface area contributed by atoms with Gasteiger partial charge in [-0.25, -0.2) is 8.78 Å². The average Bonchev–Trinajstić information content (AvgIpc) is 2.15. The minimum absolute atomic E-state index is 0.0921. The summed E-state index contributed by atoms with van der Waals surface area (Å²) >= 11 is 0. The van der Waals surface area contributed by atoms with Crippen LogP contribution in [0.5, 0.6) is 0 Å². The molecule has 3 nitrogen and oxygen atoms in total. The third-order valence-corrected chi connectivity index (χ3v) is 1.91. The van der Waals surface area contributed by atoms with E-state index in [4.69, 9.17) is 9.84 Å². The Kier molecular flexibility index (Phi) is 8.85. The van der Waals surface area contributed by atoms with Crippen LogP contribution in [0.4, 0.5) is 8.78 Å². The van der Waals surface area contributed by atoms with E-state index in [1.54, 1.807) is 0 Å². The maximum atomic E-state index is 11.8. The molecule has 0 aliphatic carbocycles. The number of rotatable bonds is 9. The van der Waals surface area contributed by atoms with Gasteiger partial charge in [0.25, 0.3) is 6.43 Å². The molecule has 0 fully saturated rings. The quantitative estimate of drug-likeness (QED) is 0.581. The predicted octanol–water partition coefficient (Wildman–Crippen LogP) is 1.26. The fourth-order valence-electron chi connectivity index (χ4n) is 0.904. The van der Waals surface area contributed by atoms with Gasteiger partial charge in [-0.05, 0) is 12.3 Å². The van der Waals surface area contributed by atoms with Crippen LogP contribution >= 0.6 is 0 Å². The van der Waals surface area contributed by atoms with Crippen LogP contribution in [-0.4, -0.2) is 43.9 Å². The first-order chi connectivity index (χ1) is 7.04. The molecule has 0 aliphatic rings. The van der Waals surface area contributed by atoms with Crippen molar-refractivity contribution < 1.29 is 18.6 Å². The van der Waals surface area contributed by atoms with Gasteiger partial charge in [-0.15, -0.1) is 0 Å². The molecule has 1 unspecified atom stereocenters. The van der Waals surface area contributed by atoms with Gasteiger partial charge in [0.05, 0.1) is 6.61 Å². The molecule has 15 heavy (non-hydrogen) atoms. The SMILES string of the molecule is CC(C)CCOCCNCC(O)C(F)F. The van der Waals surface area contributed by atoms with E-state index in [0.29, 0.717) is 25.7 Å². The van der Waals surface area contributed by atoms with Gasteiger partial charge in [0.2, 0.25) is 0 Å². The average molecular weight is 225 g/mol. The summed E-state index contributed by atoms with van der Waals surface area (Å²) < 4.78 is 28.9. The number of aliphatic hydroxyl groups is 1. The highest BCUT2D eigenvalue weighted by molar-refractivity contribution is 4.60. The number of hydrogen-bond acceptors (Lipinski definition) is 3. The highest BCUT2D eigenvalue weighted by Gasteiger charge is 2.15. The van der Waals surface area contributed by atoms with Crippen molar-refractivity contribution in [3.63, 3.8) is 0 Å². The first-order valence-electron chi connectivity index (χ1n) is 5.28. The van der Waals surface area contributed by atoms with E-state index < -0.39 is 12.5 Å². The maximum absolute atomic E-state index is 11.8. The molecule has 0 rings (SSSR count). The van der Waals surface area contributed by atoms with E-state index in [1.165, 1.54) is 0 Å². The van der Waals surface area contributed by atoms with Crippen LogP contribution in [0.1, 0.15) is 20.3 Å². The lowest BCUT2D eigenvalue weighted by atomic mass is 10.1. The summed E-state index contributed by atoms with van der Waals surface area (Å²) in [5.74, 6) is 0.610. The molecule has 0 aliphatic heterocycles. The fourth-order valence-corrected chi connectivity index (χ4v) is 0.904. The summed E-state index contributed by atoms with van der Waals surface area (Å²) in [4.78, 5) is 0. The Morgan fingerprint density at radius 1 is 1.27 bits per heavy atom. The predicted molar refractivity (Wildman–Crippen MR) is 55.2 cm³/mol. The Labute approximate surface area is 89.8 Å². The minimum Gasteiger partial charge on any atom is -0.386 e. The third kappa shape index (κ3) is 10.0. The van der Waals surface area contributed by atoms with E-state index >= 15 is 0 Å². The number of nitrogens with one attached hydrogen (secondary N) is 1. The molecule has 0 spiro atoms. The highest BCUT2D eigenvalue weighted by Crippen LogP contribution is 1.99. The molecule has 0 aromatic rings. The van der Waals surface area contributed by atoms with Gasteiger partial charge in [0, 0.05) is 19.7 Å². The molecule has 0 aromatic carbocycles. The molecule has 0 aromatic heterocycles. The summed E-state index contributed by atoms with van der Waals surface area (Å²) in [6.07, 6.45) is -3.26. The monoisotopic (exact) mass is 225 g/mol. The van der Waals surface area contributed by atoms with Crippen molar-refractivity contribution >= 4 is 0 Å². The van der Waals surface area contributed by atoms with Gasteiger partial charge in [0.1, 0.15) is 6.10 Å². The van der Waals surface area contributed by atoms with Crippen LogP contribution in [0.2, 0.25) is 0 Å². The second-order valence-electron chi connectivity index (χ2n) is 3.90. The zero-order chi connectivity index (χ0) is 11.7. The topological polar surface area (TPSA) is 41.5 Å². The van der Waals surface area contributed by atoms with Crippen molar-refractivity contribution in [2.24, 2.45) is 5.92 Å². The largest absolute Gasteiger partial charge is 0.386 e. The zero-order valence-corrected chi connectivity index (χ0v) is 9.38. The van der Waals surface area contributed by atoms with Gasteiger partial charge in [-0.3, -0.25) is 0 Å². The summed E-state index contributed by atoms with van der Waals surface area (Å²) in [6.45, 7) is 5.80. The first kappa shape index (κ1) is 14.7. The van der Waals surface area contributed by atoms with Crippen LogP contribution in [0, 0.1) is 5.92 Å². The Bertz CT molecular complexity index is 145. The Balaban J connectivity index is 3.11. The number of alkyl halides is 2. The molecule has 5 heteroatoms. The Hall–Kier alpha value is -0.260. The molecule has 0 radical (unpaired) electrons. The standard InChI is InChI=1S/C10H21F2NO2/c1-8(2)3-5-15-6-4-13-7-9(14)10(11)12/h8-10,13-14H,3-7H2,1-2H3. The van der Waals surface area contributed by atoms with Gasteiger partial charge < -0.3 is 15.2 Å². The van der Waals surface area contributed by atoms with Crippen molar-refractivity contribution in [1.82, 2.24) is 5.32 Å². The van der Waals surface area contributed by atoms with Crippen LogP contribution in [0.15, 0.2) is 0 Å². The lowest BCUT2D eigenvalue weighted by molar-refractivity contribution is -0.00417. The third-order valence-electron chi connectivity index (χ3n) is 1.91. The van der Waals surface area contributed by atoms with E-state index in [-0.39, 0.29) is 6.54 Å². The van der Waals surface area contributed by atoms with Crippen LogP contribution in [0.3, 0.4) is 0 Å². The summed E-state index contributed by atoms with van der Waals surface area (Å²) in [7, 11) is 0. The maximum Gasteiger partial charge on any atom is 0.265 e. The summed E-state index contributed by atoms with van der Waals surface area (Å²) in [5.41, 5.74) is 0. The molecule has 0 saturated carbocycles. The van der Waals surface area contributed by atoms with Crippen LogP contribution in [0.25, 0.3) is 0 Å². The Morgan fingerprint density at radius 3 is 2.47 bits per heavy atom. The van der Waals surface area contributed by atoms with Gasteiger partial charge in [0.15, 0.2) is 0 Å². The van der Waals surface area contributed by atoms with Crippen molar-refractivity contribution in [2.45, 2.75) is 32.8 Å². The van der Waals surface area contributed by atoms with Crippen molar-refractivity contribution in [1.29, 1.82) is 0 Å². The van der Waals surface area contributed by atoms with E-state index in [0.717, 1.165) is 6.42 Å². The normalized spacial score (nSPS) is 13.8. The highest BCUT2D eigenvalue weighted by atomic mass is 19.3. The number of hydrogen-bond donors (Lipinski definition) is 2. The van der Waals surface area contributed by atoms with Crippen molar-refractivity contribution in [2.75, 3.05) is 26.3 Å². The molecule has 0 bridgehead atoms. The lowest BCUT2D eigenvalue weighted by Gasteiger charge is -2.11. The number of ether oxygens (including phenoxy) is 1. The molecule has 0 saturated heterocycles. The molecule has 92 valence electrons. The van der Waals surface area contributed by atoms with E-state index in [1.807, 2.05) is 0 Å². The second kappa shape index (κ2) is 9.00. The van der Waals surface area contributed by atoms with Gasteiger partial charge in [-0.1, -0.05) is 13.8 Å². The van der Waals surface area contributed by atoms with Crippen molar-refractivity contribution in [3.8, 4) is 0 Å². The smallest absolute Gasteiger partial charge is 0.265 e. The van der Waals surface area contributed by atoms with Gasteiger partial charge in [-0.2, -0.15) is 0 Å². The zero-order valence-electron chi connectivity index (χ0n) is 9.38. The lowest BCUT2D eigenvalue weighted by Crippen LogP contribution is -2.33. The molecule has 1 atom stereocenters. The van der Waals surface area contributed by atoms with Crippen molar-refractivity contribution in [3.05, 3.63) is 0 Å².